The highest BCUT2D eigenvalue weighted by atomic mass is 32.1. The van der Waals surface area contributed by atoms with Crippen LogP contribution in [0, 0.1) is 0 Å². The van der Waals surface area contributed by atoms with E-state index in [0.717, 1.165) is 10.6 Å². The van der Waals surface area contributed by atoms with Crippen LogP contribution in [-0.4, -0.2) is 16.1 Å². The van der Waals surface area contributed by atoms with Crippen molar-refractivity contribution in [3.8, 4) is 10.8 Å². The molecule has 0 aliphatic rings. The van der Waals surface area contributed by atoms with Crippen molar-refractivity contribution in [1.29, 1.82) is 0 Å². The molecule has 21 heavy (non-hydrogen) atoms. The first-order chi connectivity index (χ1) is 10.3. The van der Waals surface area contributed by atoms with Gasteiger partial charge in [0.15, 0.2) is 0 Å². The number of carbonyl (C=O) groups is 1. The Kier molecular flexibility index (Phi) is 4.11. The summed E-state index contributed by atoms with van der Waals surface area (Å²) < 4.78 is 10.7. The summed E-state index contributed by atoms with van der Waals surface area (Å²) in [7, 11) is 0. The third-order valence-corrected chi connectivity index (χ3v) is 3.66. The average molecular weight is 303 g/mol. The molecule has 1 N–H and O–H groups in total. The lowest BCUT2D eigenvalue weighted by molar-refractivity contribution is -0.121. The van der Waals surface area contributed by atoms with Gasteiger partial charge in [0.25, 0.3) is 5.89 Å². The number of hydrogen-bond acceptors (Lipinski definition) is 6. The smallest absolute Gasteiger partial charge is 0.257 e. The summed E-state index contributed by atoms with van der Waals surface area (Å²) in [5, 5.41) is 12.6. The highest BCUT2D eigenvalue weighted by Crippen LogP contribution is 2.23. The van der Waals surface area contributed by atoms with Crippen molar-refractivity contribution in [1.82, 2.24) is 15.5 Å². The van der Waals surface area contributed by atoms with Gasteiger partial charge in [0, 0.05) is 12.8 Å². The fourth-order valence-corrected chi connectivity index (χ4v) is 2.41. The molecule has 0 unspecified atom stereocenters. The number of aromatic nitrogens is 2. The number of furan rings is 1. The van der Waals surface area contributed by atoms with Crippen molar-refractivity contribution in [2.24, 2.45) is 0 Å². The summed E-state index contributed by atoms with van der Waals surface area (Å²) in [6, 6.07) is 7.43. The number of nitrogens with one attached hydrogen (secondary N) is 1. The van der Waals surface area contributed by atoms with E-state index in [-0.39, 0.29) is 5.91 Å². The third kappa shape index (κ3) is 3.57. The van der Waals surface area contributed by atoms with Gasteiger partial charge in [-0.3, -0.25) is 4.79 Å². The first-order valence-electron chi connectivity index (χ1n) is 6.46. The van der Waals surface area contributed by atoms with Crippen LogP contribution in [-0.2, 0) is 17.8 Å². The van der Waals surface area contributed by atoms with Crippen LogP contribution in [0.2, 0.25) is 0 Å². The first kappa shape index (κ1) is 13.6. The number of amides is 1. The van der Waals surface area contributed by atoms with Crippen LogP contribution in [0.5, 0.6) is 0 Å². The van der Waals surface area contributed by atoms with Gasteiger partial charge in [0.1, 0.15) is 5.76 Å². The van der Waals surface area contributed by atoms with Crippen molar-refractivity contribution in [3.63, 3.8) is 0 Å². The maximum Gasteiger partial charge on any atom is 0.257 e. The average Bonchev–Trinajstić information content (AvgIpc) is 3.24. The summed E-state index contributed by atoms with van der Waals surface area (Å²) in [6.07, 6.45) is 2.29. The molecule has 0 aliphatic carbocycles. The summed E-state index contributed by atoms with van der Waals surface area (Å²) in [6.45, 7) is 0.385. The second-order valence-electron chi connectivity index (χ2n) is 4.33. The molecule has 0 fully saturated rings. The van der Waals surface area contributed by atoms with E-state index < -0.39 is 0 Å². The minimum atomic E-state index is -0.0812. The lowest BCUT2D eigenvalue weighted by Gasteiger charge is -2.01. The van der Waals surface area contributed by atoms with E-state index >= 15 is 0 Å². The topological polar surface area (TPSA) is 81.2 Å². The molecular formula is C14H13N3O3S. The number of rotatable bonds is 6. The van der Waals surface area contributed by atoms with Gasteiger partial charge in [-0.2, -0.15) is 0 Å². The predicted octanol–water partition coefficient (Wildman–Crippen LogP) is 2.64. The molecule has 0 aliphatic heterocycles. The van der Waals surface area contributed by atoms with Crippen LogP contribution in [0.25, 0.3) is 10.8 Å². The number of nitrogens with zero attached hydrogens (tertiary/aromatic N) is 2. The second kappa shape index (κ2) is 6.36. The lowest BCUT2D eigenvalue weighted by atomic mass is 10.3. The molecule has 6 nitrogen and oxygen atoms in total. The SMILES string of the molecule is O=C(CCc1nnc(-c2cccs2)o1)NCc1ccco1. The standard InChI is InChI=1S/C14H13N3O3S/c18-12(15-9-10-3-1-7-19-10)5-6-13-16-17-14(20-13)11-4-2-8-21-11/h1-4,7-8H,5-6,9H2,(H,15,18). The van der Waals surface area contributed by atoms with Gasteiger partial charge in [-0.05, 0) is 23.6 Å². The van der Waals surface area contributed by atoms with E-state index in [1.807, 2.05) is 23.6 Å². The molecule has 3 aromatic heterocycles. The van der Waals surface area contributed by atoms with Crippen LogP contribution < -0.4 is 5.32 Å². The zero-order valence-corrected chi connectivity index (χ0v) is 11.9. The van der Waals surface area contributed by atoms with Gasteiger partial charge in [0.2, 0.25) is 11.8 Å². The van der Waals surface area contributed by atoms with E-state index in [1.165, 1.54) is 11.3 Å². The number of thiophene rings is 1. The molecule has 0 saturated heterocycles. The molecule has 108 valence electrons. The van der Waals surface area contributed by atoms with Gasteiger partial charge in [-0.1, -0.05) is 6.07 Å². The van der Waals surface area contributed by atoms with Gasteiger partial charge >= 0.3 is 0 Å². The Bertz CT molecular complexity index is 689. The van der Waals surface area contributed by atoms with Crippen molar-refractivity contribution < 1.29 is 13.6 Å². The molecular weight excluding hydrogens is 290 g/mol. The summed E-state index contributed by atoms with van der Waals surface area (Å²) >= 11 is 1.53. The minimum absolute atomic E-state index is 0.0812. The molecule has 0 atom stereocenters. The fraction of sp³-hybridized carbons (Fsp3) is 0.214. The maximum atomic E-state index is 11.7. The Labute approximate surface area is 124 Å². The molecule has 3 rings (SSSR count). The molecule has 7 heteroatoms. The number of aryl methyl sites for hydroxylation is 1. The predicted molar refractivity (Wildman–Crippen MR) is 76.5 cm³/mol. The molecule has 1 amide bonds. The Hall–Kier alpha value is -2.41. The van der Waals surface area contributed by atoms with Gasteiger partial charge < -0.3 is 14.2 Å². The highest BCUT2D eigenvalue weighted by molar-refractivity contribution is 7.13. The number of hydrogen-bond donors (Lipinski definition) is 1. The normalized spacial score (nSPS) is 10.7. The van der Waals surface area contributed by atoms with E-state index in [9.17, 15) is 4.79 Å². The molecule has 0 saturated carbocycles. The second-order valence-corrected chi connectivity index (χ2v) is 5.28. The third-order valence-electron chi connectivity index (χ3n) is 2.80. The van der Waals surface area contributed by atoms with Crippen LogP contribution in [0.15, 0.2) is 44.7 Å². The van der Waals surface area contributed by atoms with E-state index in [2.05, 4.69) is 15.5 Å². The maximum absolute atomic E-state index is 11.7. The van der Waals surface area contributed by atoms with E-state index in [4.69, 9.17) is 8.83 Å². The molecule has 0 spiro atoms. The van der Waals surface area contributed by atoms with E-state index in [1.54, 1.807) is 12.3 Å². The highest BCUT2D eigenvalue weighted by Gasteiger charge is 2.11. The molecule has 3 aromatic rings. The van der Waals surface area contributed by atoms with Crippen LogP contribution in [0.3, 0.4) is 0 Å². The van der Waals surface area contributed by atoms with Crippen molar-refractivity contribution in [2.75, 3.05) is 0 Å². The van der Waals surface area contributed by atoms with Crippen molar-refractivity contribution in [2.45, 2.75) is 19.4 Å². The summed E-state index contributed by atoms with van der Waals surface area (Å²) in [5.74, 6) is 1.60. The minimum Gasteiger partial charge on any atom is -0.467 e. The summed E-state index contributed by atoms with van der Waals surface area (Å²) in [5.41, 5.74) is 0. The van der Waals surface area contributed by atoms with E-state index in [0.29, 0.717) is 31.2 Å². The molecule has 0 radical (unpaired) electrons. The lowest BCUT2D eigenvalue weighted by Crippen LogP contribution is -2.22. The zero-order chi connectivity index (χ0) is 14.5. The molecule has 0 aromatic carbocycles. The van der Waals surface area contributed by atoms with Crippen LogP contribution >= 0.6 is 11.3 Å². The fourth-order valence-electron chi connectivity index (χ4n) is 1.76. The largest absolute Gasteiger partial charge is 0.467 e. The van der Waals surface area contributed by atoms with Gasteiger partial charge in [-0.15, -0.1) is 21.5 Å². The van der Waals surface area contributed by atoms with Gasteiger partial charge in [-0.25, -0.2) is 0 Å². The van der Waals surface area contributed by atoms with Crippen LogP contribution in [0.1, 0.15) is 18.1 Å². The van der Waals surface area contributed by atoms with Crippen LogP contribution in [0.4, 0.5) is 0 Å². The molecule has 3 heterocycles. The van der Waals surface area contributed by atoms with Crippen molar-refractivity contribution in [3.05, 3.63) is 47.6 Å². The van der Waals surface area contributed by atoms with Crippen molar-refractivity contribution >= 4 is 17.2 Å². The Morgan fingerprint density at radius 2 is 2.24 bits per heavy atom. The van der Waals surface area contributed by atoms with Gasteiger partial charge in [0.05, 0.1) is 17.7 Å². The quantitative estimate of drug-likeness (QED) is 0.757. The number of carbonyl (C=O) groups excluding carboxylic acids is 1. The summed E-state index contributed by atoms with van der Waals surface area (Å²) in [4.78, 5) is 12.6. The molecule has 0 bridgehead atoms. The first-order valence-corrected chi connectivity index (χ1v) is 7.34. The Balaban J connectivity index is 1.47. The monoisotopic (exact) mass is 303 g/mol. The Morgan fingerprint density at radius 1 is 1.29 bits per heavy atom. The Morgan fingerprint density at radius 3 is 3.00 bits per heavy atom. The zero-order valence-electron chi connectivity index (χ0n) is 11.1.